The van der Waals surface area contributed by atoms with Gasteiger partial charge in [0, 0.05) is 32.6 Å². The van der Waals surface area contributed by atoms with E-state index in [0.717, 1.165) is 31.7 Å². The zero-order chi connectivity index (χ0) is 15.0. The number of benzene rings is 1. The summed E-state index contributed by atoms with van der Waals surface area (Å²) in [4.78, 5) is 14.2. The molecule has 0 aromatic heterocycles. The van der Waals surface area contributed by atoms with Gasteiger partial charge in [-0.05, 0) is 37.6 Å². The van der Waals surface area contributed by atoms with Crippen molar-refractivity contribution in [2.24, 2.45) is 11.7 Å². The van der Waals surface area contributed by atoms with Crippen molar-refractivity contribution in [1.82, 2.24) is 9.91 Å². The molecule has 5 heteroatoms. The van der Waals surface area contributed by atoms with E-state index in [9.17, 15) is 4.79 Å². The van der Waals surface area contributed by atoms with Crippen LogP contribution in [0.1, 0.15) is 24.4 Å². The third kappa shape index (κ3) is 2.51. The van der Waals surface area contributed by atoms with Crippen molar-refractivity contribution in [3.8, 4) is 0 Å². The summed E-state index contributed by atoms with van der Waals surface area (Å²) in [7, 11) is 4.02. The Bertz CT molecular complexity index is 533. The van der Waals surface area contributed by atoms with Crippen LogP contribution in [0.15, 0.2) is 24.3 Å². The highest BCUT2D eigenvalue weighted by Crippen LogP contribution is 2.39. The van der Waals surface area contributed by atoms with E-state index in [1.54, 1.807) is 5.01 Å². The van der Waals surface area contributed by atoms with Gasteiger partial charge in [-0.25, -0.2) is 0 Å². The average Bonchev–Trinajstić information content (AvgIpc) is 3.03. The molecule has 2 N–H and O–H groups in total. The van der Waals surface area contributed by atoms with Crippen molar-refractivity contribution in [3.05, 3.63) is 29.8 Å². The molecular formula is C16H24N4O. The first-order chi connectivity index (χ1) is 10.1. The number of nitrogens with zero attached hydrogens (tertiary/aromatic N) is 3. The van der Waals surface area contributed by atoms with Crippen molar-refractivity contribution >= 4 is 11.6 Å². The van der Waals surface area contributed by atoms with Crippen molar-refractivity contribution in [1.29, 1.82) is 0 Å². The largest absolute Gasteiger partial charge is 0.330 e. The lowest BCUT2D eigenvalue weighted by molar-refractivity contribution is -0.126. The maximum atomic E-state index is 11.8. The molecule has 21 heavy (non-hydrogen) atoms. The van der Waals surface area contributed by atoms with E-state index >= 15 is 0 Å². The smallest absolute Gasteiger partial charge is 0.242 e. The highest BCUT2D eigenvalue weighted by molar-refractivity contribution is 5.82. The second kappa shape index (κ2) is 5.66. The number of carbonyl (C=O) groups is 1. The topological polar surface area (TPSA) is 52.8 Å². The van der Waals surface area contributed by atoms with Crippen molar-refractivity contribution < 1.29 is 4.79 Å². The molecule has 1 aromatic carbocycles. The minimum Gasteiger partial charge on any atom is -0.330 e. The molecule has 0 radical (unpaired) electrons. The van der Waals surface area contributed by atoms with E-state index in [4.69, 9.17) is 5.73 Å². The number of likely N-dealkylation sites (tertiary alicyclic amines) is 1. The fraction of sp³-hybridized carbons (Fsp3) is 0.562. The lowest BCUT2D eigenvalue weighted by Gasteiger charge is -2.31. The molecular weight excluding hydrogens is 264 g/mol. The molecule has 0 spiro atoms. The van der Waals surface area contributed by atoms with Crippen LogP contribution in [0, 0.1) is 5.92 Å². The zero-order valence-electron chi connectivity index (χ0n) is 12.8. The Hall–Kier alpha value is -1.59. The van der Waals surface area contributed by atoms with Gasteiger partial charge < -0.3 is 5.73 Å². The summed E-state index contributed by atoms with van der Waals surface area (Å²) < 4.78 is 0. The number of nitrogens with two attached hydrogens (primary N) is 1. The lowest BCUT2D eigenvalue weighted by Crippen LogP contribution is -2.36. The second-order valence-corrected chi connectivity index (χ2v) is 6.14. The van der Waals surface area contributed by atoms with Gasteiger partial charge in [-0.15, -0.1) is 0 Å². The third-order valence-electron chi connectivity index (χ3n) is 4.80. The molecule has 0 saturated carbocycles. The van der Waals surface area contributed by atoms with Gasteiger partial charge >= 0.3 is 0 Å². The normalized spacial score (nSPS) is 26.9. The Morgan fingerprint density at radius 2 is 2.05 bits per heavy atom. The molecule has 2 atom stereocenters. The summed E-state index contributed by atoms with van der Waals surface area (Å²) in [6, 6.07) is 8.82. The van der Waals surface area contributed by atoms with Crippen LogP contribution >= 0.6 is 0 Å². The highest BCUT2D eigenvalue weighted by atomic mass is 16.2. The number of anilines is 1. The third-order valence-corrected chi connectivity index (χ3v) is 4.80. The van der Waals surface area contributed by atoms with Gasteiger partial charge in [0.1, 0.15) is 0 Å². The van der Waals surface area contributed by atoms with Gasteiger partial charge in [-0.2, -0.15) is 0 Å². The van der Waals surface area contributed by atoms with Gasteiger partial charge in [0.15, 0.2) is 0 Å². The Morgan fingerprint density at radius 3 is 2.67 bits per heavy atom. The second-order valence-electron chi connectivity index (χ2n) is 6.14. The number of para-hydroxylation sites is 1. The molecule has 3 rings (SSSR count). The summed E-state index contributed by atoms with van der Waals surface area (Å²) in [5, 5.41) is 3.84. The summed E-state index contributed by atoms with van der Waals surface area (Å²) in [5.74, 6) is 0.746. The molecule has 1 amide bonds. The van der Waals surface area contributed by atoms with Crippen LogP contribution in [0.4, 0.5) is 5.69 Å². The summed E-state index contributed by atoms with van der Waals surface area (Å²) in [6.07, 6.45) is 1.69. The number of hydrogen-bond acceptors (Lipinski definition) is 4. The van der Waals surface area contributed by atoms with Gasteiger partial charge in [0.05, 0.1) is 5.69 Å². The number of amides is 1. The van der Waals surface area contributed by atoms with Gasteiger partial charge in [0.25, 0.3) is 0 Å². The van der Waals surface area contributed by atoms with Gasteiger partial charge in [0.2, 0.25) is 5.91 Å². The van der Waals surface area contributed by atoms with Crippen LogP contribution < -0.4 is 10.7 Å². The predicted molar refractivity (Wildman–Crippen MR) is 83.7 cm³/mol. The van der Waals surface area contributed by atoms with E-state index in [0.29, 0.717) is 18.4 Å². The number of hydrogen-bond donors (Lipinski definition) is 1. The van der Waals surface area contributed by atoms with Crippen molar-refractivity contribution in [3.63, 3.8) is 0 Å². The minimum absolute atomic E-state index is 0.185. The van der Waals surface area contributed by atoms with Gasteiger partial charge in [-0.3, -0.25) is 19.7 Å². The molecule has 0 bridgehead atoms. The SMILES string of the molecule is CN1CC(CN)CC1c1ccccc1N1CCC(=O)N1C. The first-order valence-corrected chi connectivity index (χ1v) is 7.65. The Balaban J connectivity index is 1.92. The standard InChI is InChI=1S/C16H24N4O/c1-18-11-12(10-17)9-15(18)13-5-3-4-6-14(13)20-8-7-16(21)19(20)2/h3-6,12,15H,7-11,17H2,1-2H3. The molecule has 2 unspecified atom stereocenters. The van der Waals surface area contributed by atoms with Crippen LogP contribution in [0.2, 0.25) is 0 Å². The lowest BCUT2D eigenvalue weighted by atomic mass is 9.98. The summed E-state index contributed by atoms with van der Waals surface area (Å²) in [5.41, 5.74) is 8.30. The van der Waals surface area contributed by atoms with E-state index in [1.165, 1.54) is 5.56 Å². The molecule has 1 aromatic rings. The quantitative estimate of drug-likeness (QED) is 0.909. The first-order valence-electron chi connectivity index (χ1n) is 7.65. The van der Waals surface area contributed by atoms with E-state index in [2.05, 4.69) is 35.2 Å². The van der Waals surface area contributed by atoms with Gasteiger partial charge in [-0.1, -0.05) is 18.2 Å². The molecule has 2 aliphatic rings. The predicted octanol–water partition coefficient (Wildman–Crippen LogP) is 1.22. The Morgan fingerprint density at radius 1 is 1.29 bits per heavy atom. The maximum absolute atomic E-state index is 11.8. The molecule has 2 aliphatic heterocycles. The van der Waals surface area contributed by atoms with E-state index < -0.39 is 0 Å². The molecule has 0 aliphatic carbocycles. The molecule has 2 heterocycles. The van der Waals surface area contributed by atoms with Crippen LogP contribution in [0.5, 0.6) is 0 Å². The van der Waals surface area contributed by atoms with E-state index in [-0.39, 0.29) is 5.91 Å². The number of carbonyl (C=O) groups excluding carboxylic acids is 1. The van der Waals surface area contributed by atoms with Crippen LogP contribution in [0.3, 0.4) is 0 Å². The Kier molecular flexibility index (Phi) is 3.87. The first kappa shape index (κ1) is 14.4. The van der Waals surface area contributed by atoms with E-state index in [1.807, 2.05) is 13.1 Å². The zero-order valence-corrected chi connectivity index (χ0v) is 12.8. The van der Waals surface area contributed by atoms with Crippen molar-refractivity contribution in [2.45, 2.75) is 18.9 Å². The Labute approximate surface area is 126 Å². The van der Waals surface area contributed by atoms with Crippen LogP contribution in [0.25, 0.3) is 0 Å². The average molecular weight is 288 g/mol. The highest BCUT2D eigenvalue weighted by Gasteiger charge is 2.34. The number of rotatable bonds is 3. The fourth-order valence-corrected chi connectivity index (χ4v) is 3.57. The van der Waals surface area contributed by atoms with Crippen LogP contribution in [-0.2, 0) is 4.79 Å². The van der Waals surface area contributed by atoms with Crippen molar-refractivity contribution in [2.75, 3.05) is 38.7 Å². The molecule has 2 saturated heterocycles. The number of hydrazine groups is 1. The summed E-state index contributed by atoms with van der Waals surface area (Å²) >= 11 is 0. The summed E-state index contributed by atoms with van der Waals surface area (Å²) in [6.45, 7) is 2.55. The fourth-order valence-electron chi connectivity index (χ4n) is 3.57. The molecule has 2 fully saturated rings. The van der Waals surface area contributed by atoms with Crippen LogP contribution in [-0.4, -0.2) is 49.5 Å². The maximum Gasteiger partial charge on any atom is 0.242 e. The molecule has 114 valence electrons. The minimum atomic E-state index is 0.185. The molecule has 5 nitrogen and oxygen atoms in total. The monoisotopic (exact) mass is 288 g/mol.